The van der Waals surface area contributed by atoms with Crippen LogP contribution in [0.1, 0.15) is 0 Å². The smallest absolute Gasteiger partial charge is 0.259 e. The second-order valence-corrected chi connectivity index (χ2v) is 3.62. The molecule has 14 heavy (non-hydrogen) atoms. The predicted molar refractivity (Wildman–Crippen MR) is 58.3 cm³/mol. The zero-order chi connectivity index (χ0) is 9.97. The van der Waals surface area contributed by atoms with Gasteiger partial charge in [-0.3, -0.25) is 9.27 Å². The van der Waals surface area contributed by atoms with Crippen LogP contribution in [0.4, 0.5) is 5.69 Å². The van der Waals surface area contributed by atoms with Crippen LogP contribution in [0.15, 0.2) is 42.5 Å². The number of rotatable bonds is 2. The van der Waals surface area contributed by atoms with Crippen molar-refractivity contribution < 1.29 is 8.76 Å². The van der Waals surface area contributed by atoms with Gasteiger partial charge in [-0.15, -0.1) is 0 Å². The highest BCUT2D eigenvalue weighted by Gasteiger charge is 1.97. The third-order valence-electron chi connectivity index (χ3n) is 1.95. The van der Waals surface area contributed by atoms with Gasteiger partial charge in [0.1, 0.15) is 0 Å². The molecule has 0 aliphatic carbocycles. The van der Waals surface area contributed by atoms with Gasteiger partial charge in [0.25, 0.3) is 11.3 Å². The highest BCUT2D eigenvalue weighted by Crippen LogP contribution is 2.18. The average molecular weight is 207 g/mol. The van der Waals surface area contributed by atoms with E-state index in [0.29, 0.717) is 5.69 Å². The van der Waals surface area contributed by atoms with Gasteiger partial charge in [-0.25, -0.2) is 4.21 Å². The van der Waals surface area contributed by atoms with Crippen LogP contribution in [0, 0.1) is 0 Å². The maximum absolute atomic E-state index is 10.5. The molecular weight excluding hydrogens is 198 g/mol. The van der Waals surface area contributed by atoms with Gasteiger partial charge in [-0.05, 0) is 22.9 Å². The summed E-state index contributed by atoms with van der Waals surface area (Å²) in [5.41, 5.74) is 0.643. The first-order chi connectivity index (χ1) is 6.75. The fraction of sp³-hybridized carbons (Fsp3) is 0. The van der Waals surface area contributed by atoms with Crippen molar-refractivity contribution in [1.82, 2.24) is 0 Å². The van der Waals surface area contributed by atoms with Crippen molar-refractivity contribution in [2.75, 3.05) is 4.72 Å². The molecule has 0 amide bonds. The lowest BCUT2D eigenvalue weighted by molar-refractivity contribution is 0.570. The molecule has 0 saturated heterocycles. The molecule has 2 aromatic rings. The monoisotopic (exact) mass is 207 g/mol. The Labute approximate surface area is 84.2 Å². The molecule has 0 aromatic heterocycles. The number of fused-ring (bicyclic) bond motifs is 1. The van der Waals surface area contributed by atoms with Crippen molar-refractivity contribution >= 4 is 27.7 Å². The van der Waals surface area contributed by atoms with E-state index in [4.69, 9.17) is 4.55 Å². The van der Waals surface area contributed by atoms with E-state index in [9.17, 15) is 4.21 Å². The minimum atomic E-state index is -2.01. The van der Waals surface area contributed by atoms with Gasteiger partial charge in [0.2, 0.25) is 0 Å². The lowest BCUT2D eigenvalue weighted by Crippen LogP contribution is -2.01. The predicted octanol–water partition coefficient (Wildman–Crippen LogP) is 2.39. The molecule has 2 N–H and O–H groups in total. The Balaban J connectivity index is 2.46. The number of anilines is 1. The third kappa shape index (κ3) is 1.92. The van der Waals surface area contributed by atoms with Crippen molar-refractivity contribution in [3.63, 3.8) is 0 Å². The van der Waals surface area contributed by atoms with Crippen LogP contribution < -0.4 is 4.72 Å². The van der Waals surface area contributed by atoms with E-state index in [2.05, 4.69) is 4.72 Å². The number of nitrogens with one attached hydrogen (secondary N) is 1. The van der Waals surface area contributed by atoms with E-state index >= 15 is 0 Å². The van der Waals surface area contributed by atoms with Gasteiger partial charge in [-0.2, -0.15) is 0 Å². The van der Waals surface area contributed by atoms with Crippen molar-refractivity contribution in [2.24, 2.45) is 0 Å². The second-order valence-electron chi connectivity index (χ2n) is 2.91. The lowest BCUT2D eigenvalue weighted by atomic mass is 10.1. The standard InChI is InChI=1S/C10H9NO2S/c12-14(13)11-10-6-5-8-3-1-2-4-9(8)7-10/h1-7,11H,(H,12,13). The molecule has 0 fully saturated rings. The fourth-order valence-corrected chi connectivity index (χ4v) is 1.68. The van der Waals surface area contributed by atoms with Crippen LogP contribution in [0.5, 0.6) is 0 Å². The number of hydrogen-bond donors (Lipinski definition) is 2. The first-order valence-electron chi connectivity index (χ1n) is 4.12. The highest BCUT2D eigenvalue weighted by molar-refractivity contribution is 7.80. The molecular formula is C10H9NO2S. The Morgan fingerprint density at radius 3 is 2.50 bits per heavy atom. The van der Waals surface area contributed by atoms with E-state index in [1.165, 1.54) is 0 Å². The summed E-state index contributed by atoms with van der Waals surface area (Å²) in [6.07, 6.45) is 0. The molecule has 4 heteroatoms. The Hall–Kier alpha value is -1.39. The molecule has 2 rings (SSSR count). The summed E-state index contributed by atoms with van der Waals surface area (Å²) in [6.45, 7) is 0. The van der Waals surface area contributed by atoms with Crippen molar-refractivity contribution in [3.05, 3.63) is 42.5 Å². The largest absolute Gasteiger partial charge is 0.289 e. The van der Waals surface area contributed by atoms with Gasteiger partial charge in [-0.1, -0.05) is 30.3 Å². The SMILES string of the molecule is O=S(O)Nc1ccc2ccccc2c1. The Kier molecular flexibility index (Phi) is 2.47. The Morgan fingerprint density at radius 2 is 1.79 bits per heavy atom. The zero-order valence-electron chi connectivity index (χ0n) is 7.31. The van der Waals surface area contributed by atoms with E-state index in [0.717, 1.165) is 10.8 Å². The molecule has 0 radical (unpaired) electrons. The molecule has 72 valence electrons. The zero-order valence-corrected chi connectivity index (χ0v) is 8.12. The topological polar surface area (TPSA) is 49.3 Å². The average Bonchev–Trinajstić information content (AvgIpc) is 2.17. The molecule has 0 saturated carbocycles. The minimum Gasteiger partial charge on any atom is -0.289 e. The van der Waals surface area contributed by atoms with Crippen LogP contribution in [-0.2, 0) is 11.3 Å². The summed E-state index contributed by atoms with van der Waals surface area (Å²) in [4.78, 5) is 0. The minimum absolute atomic E-state index is 0.643. The van der Waals surface area contributed by atoms with E-state index in [1.807, 2.05) is 36.4 Å². The van der Waals surface area contributed by atoms with Crippen LogP contribution in [-0.4, -0.2) is 8.76 Å². The van der Waals surface area contributed by atoms with Gasteiger partial charge in [0, 0.05) is 5.69 Å². The summed E-state index contributed by atoms with van der Waals surface area (Å²) in [7, 11) is 0. The molecule has 0 heterocycles. The van der Waals surface area contributed by atoms with Crippen LogP contribution in [0.3, 0.4) is 0 Å². The van der Waals surface area contributed by atoms with Crippen molar-refractivity contribution in [3.8, 4) is 0 Å². The molecule has 0 aliphatic rings. The van der Waals surface area contributed by atoms with E-state index in [-0.39, 0.29) is 0 Å². The summed E-state index contributed by atoms with van der Waals surface area (Å²) in [5.74, 6) is 0. The first kappa shape index (κ1) is 9.18. The molecule has 0 aliphatic heterocycles. The quantitative estimate of drug-likeness (QED) is 0.743. The lowest BCUT2D eigenvalue weighted by Gasteiger charge is -2.02. The highest BCUT2D eigenvalue weighted by atomic mass is 32.2. The molecule has 3 nitrogen and oxygen atoms in total. The molecule has 1 unspecified atom stereocenters. The van der Waals surface area contributed by atoms with Crippen LogP contribution >= 0.6 is 0 Å². The van der Waals surface area contributed by atoms with Crippen LogP contribution in [0.2, 0.25) is 0 Å². The molecule has 1 atom stereocenters. The van der Waals surface area contributed by atoms with Gasteiger partial charge in [0.15, 0.2) is 0 Å². The summed E-state index contributed by atoms with van der Waals surface area (Å²) < 4.78 is 21.6. The van der Waals surface area contributed by atoms with Crippen molar-refractivity contribution in [1.29, 1.82) is 0 Å². The van der Waals surface area contributed by atoms with E-state index in [1.54, 1.807) is 6.07 Å². The van der Waals surface area contributed by atoms with Gasteiger partial charge >= 0.3 is 0 Å². The third-order valence-corrected chi connectivity index (χ3v) is 2.36. The van der Waals surface area contributed by atoms with Gasteiger partial charge in [0.05, 0.1) is 0 Å². The normalized spacial score (nSPS) is 12.6. The van der Waals surface area contributed by atoms with Crippen LogP contribution in [0.25, 0.3) is 10.8 Å². The fourth-order valence-electron chi connectivity index (χ4n) is 1.35. The Morgan fingerprint density at radius 1 is 1.07 bits per heavy atom. The molecule has 0 spiro atoms. The first-order valence-corrected chi connectivity index (χ1v) is 5.23. The Bertz CT molecular complexity index is 484. The molecule has 2 aromatic carbocycles. The maximum Gasteiger partial charge on any atom is 0.259 e. The summed E-state index contributed by atoms with van der Waals surface area (Å²) >= 11 is -2.01. The maximum atomic E-state index is 10.5. The van der Waals surface area contributed by atoms with E-state index < -0.39 is 11.3 Å². The van der Waals surface area contributed by atoms with Gasteiger partial charge < -0.3 is 0 Å². The number of hydrogen-bond acceptors (Lipinski definition) is 1. The number of benzene rings is 2. The second kappa shape index (κ2) is 3.77. The van der Waals surface area contributed by atoms with Crippen molar-refractivity contribution in [2.45, 2.75) is 0 Å². The summed E-state index contributed by atoms with van der Waals surface area (Å²) in [5, 5.41) is 2.16. The molecule has 0 bridgehead atoms. The summed E-state index contributed by atoms with van der Waals surface area (Å²) in [6, 6.07) is 13.4.